The Morgan fingerprint density at radius 3 is 1.87 bits per heavy atom. The van der Waals surface area contributed by atoms with Crippen LogP contribution < -0.4 is 0 Å². The molecule has 15 heavy (non-hydrogen) atoms. The van der Waals surface area contributed by atoms with Crippen molar-refractivity contribution in [3.8, 4) is 0 Å². The van der Waals surface area contributed by atoms with E-state index in [1.165, 1.54) is 32.5 Å². The zero-order valence-corrected chi connectivity index (χ0v) is 10.1. The van der Waals surface area contributed by atoms with Crippen LogP contribution >= 0.6 is 0 Å². The second kappa shape index (κ2) is 4.08. The molecule has 2 aliphatic carbocycles. The third-order valence-electron chi connectivity index (χ3n) is 5.43. The van der Waals surface area contributed by atoms with Gasteiger partial charge in [-0.3, -0.25) is 0 Å². The Hall–Kier alpha value is -0.0400. The number of fused-ring (bicyclic) bond motifs is 3. The molecule has 2 saturated heterocycles. The smallest absolute Gasteiger partial charge is 0.00124 e. The molecule has 4 unspecified atom stereocenters. The van der Waals surface area contributed by atoms with Crippen LogP contribution in [0.3, 0.4) is 0 Å². The quantitative estimate of drug-likeness (QED) is 0.638. The van der Waals surface area contributed by atoms with Gasteiger partial charge in [0, 0.05) is 13.1 Å². The molecule has 4 rings (SSSR count). The van der Waals surface area contributed by atoms with Gasteiger partial charge in [-0.25, -0.2) is 0 Å². The Kier molecular flexibility index (Phi) is 2.76. The van der Waals surface area contributed by atoms with Crippen molar-refractivity contribution in [1.82, 2.24) is 4.90 Å². The van der Waals surface area contributed by atoms with Crippen molar-refractivity contribution in [2.75, 3.05) is 19.6 Å². The first-order valence-corrected chi connectivity index (χ1v) is 7.11. The number of nitrogens with zero attached hydrogens (tertiary/aromatic N) is 1. The predicted octanol–water partition coefficient (Wildman–Crippen LogP) is 3.15. The van der Waals surface area contributed by atoms with Gasteiger partial charge in [-0.1, -0.05) is 19.8 Å². The molecule has 0 spiro atoms. The van der Waals surface area contributed by atoms with Crippen molar-refractivity contribution in [2.45, 2.75) is 45.4 Å². The van der Waals surface area contributed by atoms with Crippen LogP contribution in [0.4, 0.5) is 0 Å². The highest BCUT2D eigenvalue weighted by molar-refractivity contribution is 4.94. The van der Waals surface area contributed by atoms with Crippen LogP contribution in [0.1, 0.15) is 45.4 Å². The molecule has 4 atom stereocenters. The van der Waals surface area contributed by atoms with Gasteiger partial charge in [0.1, 0.15) is 0 Å². The maximum atomic E-state index is 2.74. The summed E-state index contributed by atoms with van der Waals surface area (Å²) >= 11 is 0. The van der Waals surface area contributed by atoms with Crippen molar-refractivity contribution < 1.29 is 0 Å². The number of rotatable bonds is 1. The Morgan fingerprint density at radius 1 is 0.867 bits per heavy atom. The zero-order chi connectivity index (χ0) is 10.3. The summed E-state index contributed by atoms with van der Waals surface area (Å²) < 4.78 is 0. The SMILES string of the molecule is CCN1CC2CCC(C1)C1CCCCC21. The molecule has 2 aliphatic heterocycles. The molecule has 1 heteroatoms. The molecule has 4 aliphatic rings. The normalized spacial score (nSPS) is 46.2. The monoisotopic (exact) mass is 207 g/mol. The lowest BCUT2D eigenvalue weighted by Crippen LogP contribution is -2.36. The fourth-order valence-electron chi connectivity index (χ4n) is 4.66. The van der Waals surface area contributed by atoms with Crippen LogP contribution in [0, 0.1) is 23.7 Å². The van der Waals surface area contributed by atoms with Gasteiger partial charge in [0.15, 0.2) is 0 Å². The maximum Gasteiger partial charge on any atom is 0.00124 e. The molecule has 2 bridgehead atoms. The van der Waals surface area contributed by atoms with E-state index in [2.05, 4.69) is 11.8 Å². The average Bonchev–Trinajstić information content (AvgIpc) is 2.59. The third kappa shape index (κ3) is 1.73. The lowest BCUT2D eigenvalue weighted by molar-refractivity contribution is 0.0766. The van der Waals surface area contributed by atoms with Gasteiger partial charge in [-0.15, -0.1) is 0 Å². The van der Waals surface area contributed by atoms with Crippen molar-refractivity contribution >= 4 is 0 Å². The van der Waals surface area contributed by atoms with E-state index in [0.717, 1.165) is 23.7 Å². The van der Waals surface area contributed by atoms with E-state index in [-0.39, 0.29) is 0 Å². The molecule has 4 fully saturated rings. The summed E-state index contributed by atoms with van der Waals surface area (Å²) in [5.41, 5.74) is 0. The Balaban J connectivity index is 1.81. The average molecular weight is 207 g/mol. The molecular weight excluding hydrogens is 182 g/mol. The van der Waals surface area contributed by atoms with Crippen molar-refractivity contribution in [3.63, 3.8) is 0 Å². The van der Waals surface area contributed by atoms with Gasteiger partial charge in [-0.05, 0) is 55.9 Å². The minimum Gasteiger partial charge on any atom is -0.303 e. The summed E-state index contributed by atoms with van der Waals surface area (Å²) in [6.07, 6.45) is 9.25. The van der Waals surface area contributed by atoms with Crippen LogP contribution in [0.5, 0.6) is 0 Å². The first-order chi connectivity index (χ1) is 7.38. The standard InChI is InChI=1S/C14H25N/c1-2-15-9-11-7-8-12(10-15)14-6-4-3-5-13(11)14/h11-14H,2-10H2,1H3. The van der Waals surface area contributed by atoms with Crippen molar-refractivity contribution in [2.24, 2.45) is 23.7 Å². The molecule has 0 radical (unpaired) electrons. The molecule has 0 aromatic carbocycles. The van der Waals surface area contributed by atoms with E-state index < -0.39 is 0 Å². The van der Waals surface area contributed by atoms with Gasteiger partial charge in [-0.2, -0.15) is 0 Å². The molecule has 0 aromatic rings. The Bertz CT molecular complexity index is 203. The lowest BCUT2D eigenvalue weighted by Gasteiger charge is -2.43. The first-order valence-electron chi connectivity index (χ1n) is 7.11. The van der Waals surface area contributed by atoms with Crippen LogP contribution in [0.25, 0.3) is 0 Å². The summed E-state index contributed by atoms with van der Waals surface area (Å²) in [6, 6.07) is 0. The zero-order valence-electron chi connectivity index (χ0n) is 10.1. The van der Waals surface area contributed by atoms with Gasteiger partial charge in [0.05, 0.1) is 0 Å². The lowest BCUT2D eigenvalue weighted by atomic mass is 9.62. The second-order valence-corrected chi connectivity index (χ2v) is 6.06. The molecule has 0 amide bonds. The molecule has 2 saturated carbocycles. The first kappa shape index (κ1) is 10.1. The van der Waals surface area contributed by atoms with Crippen LogP contribution in [0.15, 0.2) is 0 Å². The van der Waals surface area contributed by atoms with E-state index in [9.17, 15) is 0 Å². The minimum absolute atomic E-state index is 1.06. The molecule has 0 N–H and O–H groups in total. The largest absolute Gasteiger partial charge is 0.303 e. The number of hydrogen-bond donors (Lipinski definition) is 0. The molecule has 1 nitrogen and oxygen atoms in total. The van der Waals surface area contributed by atoms with Crippen LogP contribution in [0.2, 0.25) is 0 Å². The highest BCUT2D eigenvalue weighted by atomic mass is 15.1. The summed E-state index contributed by atoms with van der Waals surface area (Å²) in [5.74, 6) is 4.37. The Morgan fingerprint density at radius 2 is 1.40 bits per heavy atom. The van der Waals surface area contributed by atoms with Gasteiger partial charge in [0.25, 0.3) is 0 Å². The molecular formula is C14H25N. The van der Waals surface area contributed by atoms with E-state index >= 15 is 0 Å². The summed E-state index contributed by atoms with van der Waals surface area (Å²) in [4.78, 5) is 2.74. The fourth-order valence-corrected chi connectivity index (χ4v) is 4.66. The summed E-state index contributed by atoms with van der Waals surface area (Å²) in [5, 5.41) is 0. The van der Waals surface area contributed by atoms with Crippen molar-refractivity contribution in [3.05, 3.63) is 0 Å². The highest BCUT2D eigenvalue weighted by Gasteiger charge is 2.43. The third-order valence-corrected chi connectivity index (χ3v) is 5.43. The molecule has 0 aromatic heterocycles. The highest BCUT2D eigenvalue weighted by Crippen LogP contribution is 2.49. The summed E-state index contributed by atoms with van der Waals surface area (Å²) in [6.45, 7) is 6.48. The maximum absolute atomic E-state index is 2.74. The molecule has 2 heterocycles. The van der Waals surface area contributed by atoms with E-state index in [4.69, 9.17) is 0 Å². The second-order valence-electron chi connectivity index (χ2n) is 6.06. The van der Waals surface area contributed by atoms with E-state index in [1.807, 2.05) is 0 Å². The minimum atomic E-state index is 1.06. The van der Waals surface area contributed by atoms with Crippen LogP contribution in [-0.4, -0.2) is 24.5 Å². The van der Waals surface area contributed by atoms with Gasteiger partial charge >= 0.3 is 0 Å². The van der Waals surface area contributed by atoms with Crippen LogP contribution in [-0.2, 0) is 0 Å². The summed E-state index contributed by atoms with van der Waals surface area (Å²) in [7, 11) is 0. The molecule has 86 valence electrons. The van der Waals surface area contributed by atoms with E-state index in [1.54, 1.807) is 25.7 Å². The predicted molar refractivity (Wildman–Crippen MR) is 63.8 cm³/mol. The van der Waals surface area contributed by atoms with Crippen molar-refractivity contribution in [1.29, 1.82) is 0 Å². The topological polar surface area (TPSA) is 3.24 Å². The van der Waals surface area contributed by atoms with Gasteiger partial charge < -0.3 is 4.90 Å². The Labute approximate surface area is 94.2 Å². The van der Waals surface area contributed by atoms with Gasteiger partial charge in [0.2, 0.25) is 0 Å². The fraction of sp³-hybridized carbons (Fsp3) is 1.00. The van der Waals surface area contributed by atoms with E-state index in [0.29, 0.717) is 0 Å². The number of hydrogen-bond acceptors (Lipinski definition) is 1.